The highest BCUT2D eigenvalue weighted by Crippen LogP contribution is 2.08. The molecule has 0 spiro atoms. The number of nitrogens with one attached hydrogen (secondary N) is 2. The van der Waals surface area contributed by atoms with Gasteiger partial charge in [-0.15, -0.1) is 0 Å². The molecular weight excluding hydrogens is 192 g/mol. The fourth-order valence-electron chi connectivity index (χ4n) is 1.15. The van der Waals surface area contributed by atoms with Crippen LogP contribution >= 0.6 is 0 Å². The van der Waals surface area contributed by atoms with Gasteiger partial charge in [0.25, 0.3) is 5.91 Å². The minimum absolute atomic E-state index is 0.202. The van der Waals surface area contributed by atoms with Crippen molar-refractivity contribution in [1.29, 1.82) is 0 Å². The van der Waals surface area contributed by atoms with Gasteiger partial charge in [0.2, 0.25) is 0 Å². The summed E-state index contributed by atoms with van der Waals surface area (Å²) in [5.74, 6) is 0.222. The number of rotatable bonds is 2. The van der Waals surface area contributed by atoms with E-state index in [2.05, 4.69) is 15.3 Å². The summed E-state index contributed by atoms with van der Waals surface area (Å²) in [6, 6.07) is 6.78. The molecular formula is C10H10N4O. The van der Waals surface area contributed by atoms with Crippen LogP contribution in [0.1, 0.15) is 10.5 Å². The zero-order valence-electron chi connectivity index (χ0n) is 7.90. The largest absolute Gasteiger partial charge is 0.384 e. The van der Waals surface area contributed by atoms with Gasteiger partial charge in [0.05, 0.1) is 11.9 Å². The van der Waals surface area contributed by atoms with E-state index in [1.54, 1.807) is 30.5 Å². The predicted molar refractivity (Wildman–Crippen MR) is 57.4 cm³/mol. The predicted octanol–water partition coefficient (Wildman–Crippen LogP) is 1.24. The number of aromatic amines is 1. The van der Waals surface area contributed by atoms with Gasteiger partial charge in [0.15, 0.2) is 0 Å². The Labute approximate surface area is 86.3 Å². The average Bonchev–Trinajstić information content (AvgIpc) is 2.74. The van der Waals surface area contributed by atoms with Gasteiger partial charge in [-0.1, -0.05) is 0 Å². The summed E-state index contributed by atoms with van der Waals surface area (Å²) in [7, 11) is 0. The molecule has 76 valence electrons. The van der Waals surface area contributed by atoms with Crippen molar-refractivity contribution in [2.24, 2.45) is 0 Å². The van der Waals surface area contributed by atoms with E-state index in [1.807, 2.05) is 0 Å². The van der Waals surface area contributed by atoms with Crippen LogP contribution in [-0.2, 0) is 0 Å². The number of carbonyl (C=O) groups is 1. The highest BCUT2D eigenvalue weighted by Gasteiger charge is 2.05. The Balaban J connectivity index is 2.09. The van der Waals surface area contributed by atoms with Crippen LogP contribution in [0.2, 0.25) is 0 Å². The number of amides is 1. The number of carbonyl (C=O) groups excluding carboxylic acids is 1. The highest BCUT2D eigenvalue weighted by atomic mass is 16.1. The third-order valence-corrected chi connectivity index (χ3v) is 1.89. The highest BCUT2D eigenvalue weighted by molar-refractivity contribution is 6.02. The van der Waals surface area contributed by atoms with E-state index in [1.165, 1.54) is 6.20 Å². The zero-order chi connectivity index (χ0) is 10.7. The van der Waals surface area contributed by atoms with Gasteiger partial charge < -0.3 is 16.0 Å². The van der Waals surface area contributed by atoms with Crippen molar-refractivity contribution in [2.45, 2.75) is 0 Å². The molecule has 0 atom stereocenters. The minimum atomic E-state index is -0.202. The second-order valence-corrected chi connectivity index (χ2v) is 3.01. The first-order chi connectivity index (χ1) is 7.25. The van der Waals surface area contributed by atoms with Crippen LogP contribution in [0.25, 0.3) is 0 Å². The Bertz CT molecular complexity index is 447. The molecule has 0 aliphatic rings. The van der Waals surface area contributed by atoms with Gasteiger partial charge in [-0.05, 0) is 24.3 Å². The van der Waals surface area contributed by atoms with Gasteiger partial charge in [0.1, 0.15) is 11.5 Å². The topological polar surface area (TPSA) is 83.8 Å². The lowest BCUT2D eigenvalue weighted by Gasteiger charge is -2.02. The summed E-state index contributed by atoms with van der Waals surface area (Å²) in [5, 5.41) is 2.68. The molecule has 0 aliphatic heterocycles. The Morgan fingerprint density at radius 3 is 2.87 bits per heavy atom. The first-order valence-electron chi connectivity index (χ1n) is 4.42. The van der Waals surface area contributed by atoms with E-state index in [4.69, 9.17) is 5.73 Å². The third kappa shape index (κ3) is 2.14. The molecule has 0 saturated carbocycles. The van der Waals surface area contributed by atoms with E-state index in [0.29, 0.717) is 17.2 Å². The van der Waals surface area contributed by atoms with E-state index in [-0.39, 0.29) is 5.91 Å². The molecule has 15 heavy (non-hydrogen) atoms. The van der Waals surface area contributed by atoms with Crippen molar-refractivity contribution in [3.05, 3.63) is 42.4 Å². The average molecular weight is 202 g/mol. The van der Waals surface area contributed by atoms with Crippen LogP contribution < -0.4 is 11.1 Å². The molecule has 5 nitrogen and oxygen atoms in total. The Hall–Kier alpha value is -2.30. The van der Waals surface area contributed by atoms with E-state index >= 15 is 0 Å². The summed E-state index contributed by atoms with van der Waals surface area (Å²) < 4.78 is 0. The molecule has 0 saturated heterocycles. The molecule has 5 heteroatoms. The molecule has 0 fully saturated rings. The zero-order valence-corrected chi connectivity index (χ0v) is 7.90. The van der Waals surface area contributed by atoms with Gasteiger partial charge in [-0.2, -0.15) is 0 Å². The van der Waals surface area contributed by atoms with Gasteiger partial charge in [-0.25, -0.2) is 4.98 Å². The number of H-pyrrole nitrogens is 1. The molecule has 1 amide bonds. The Morgan fingerprint density at radius 2 is 2.27 bits per heavy atom. The quantitative estimate of drug-likeness (QED) is 0.685. The van der Waals surface area contributed by atoms with Crippen LogP contribution in [0.15, 0.2) is 36.7 Å². The van der Waals surface area contributed by atoms with E-state index < -0.39 is 0 Å². The van der Waals surface area contributed by atoms with Crippen LogP contribution in [0.5, 0.6) is 0 Å². The van der Waals surface area contributed by atoms with Gasteiger partial charge >= 0.3 is 0 Å². The Kier molecular flexibility index (Phi) is 2.37. The number of nitrogens with zero attached hydrogens (tertiary/aromatic N) is 1. The number of hydrogen-bond donors (Lipinski definition) is 3. The summed E-state index contributed by atoms with van der Waals surface area (Å²) in [6.45, 7) is 0. The van der Waals surface area contributed by atoms with Crippen molar-refractivity contribution in [2.75, 3.05) is 11.1 Å². The number of aromatic nitrogens is 2. The summed E-state index contributed by atoms with van der Waals surface area (Å²) >= 11 is 0. The second kappa shape index (κ2) is 3.83. The van der Waals surface area contributed by atoms with E-state index in [9.17, 15) is 4.79 Å². The van der Waals surface area contributed by atoms with Gasteiger partial charge in [0, 0.05) is 6.20 Å². The lowest BCUT2D eigenvalue weighted by Crippen LogP contribution is -2.12. The van der Waals surface area contributed by atoms with Crippen molar-refractivity contribution in [1.82, 2.24) is 9.97 Å². The smallest absolute Gasteiger partial charge is 0.272 e. The first-order valence-corrected chi connectivity index (χ1v) is 4.42. The van der Waals surface area contributed by atoms with Crippen LogP contribution in [0.4, 0.5) is 11.5 Å². The first kappa shape index (κ1) is 9.26. The maximum Gasteiger partial charge on any atom is 0.272 e. The van der Waals surface area contributed by atoms with Crippen LogP contribution in [0.3, 0.4) is 0 Å². The Morgan fingerprint density at radius 1 is 1.40 bits per heavy atom. The second-order valence-electron chi connectivity index (χ2n) is 3.01. The van der Waals surface area contributed by atoms with Crippen LogP contribution in [0, 0.1) is 0 Å². The lowest BCUT2D eigenvalue weighted by atomic mass is 10.3. The number of anilines is 2. The molecule has 2 aromatic rings. The molecule has 4 N–H and O–H groups in total. The number of pyridine rings is 1. The fraction of sp³-hybridized carbons (Fsp3) is 0. The SMILES string of the molecule is Nc1ccc(NC(=O)c2ccc[nH]2)cn1. The molecule has 0 bridgehead atoms. The summed E-state index contributed by atoms with van der Waals surface area (Å²) in [5.41, 5.74) is 6.54. The maximum absolute atomic E-state index is 11.6. The van der Waals surface area contributed by atoms with Crippen molar-refractivity contribution in [3.63, 3.8) is 0 Å². The normalized spacial score (nSPS) is 9.87. The van der Waals surface area contributed by atoms with Crippen molar-refractivity contribution < 1.29 is 4.79 Å². The number of nitrogen functional groups attached to an aromatic ring is 1. The third-order valence-electron chi connectivity index (χ3n) is 1.89. The van der Waals surface area contributed by atoms with Crippen molar-refractivity contribution >= 4 is 17.4 Å². The van der Waals surface area contributed by atoms with Crippen molar-refractivity contribution in [3.8, 4) is 0 Å². The molecule has 0 aliphatic carbocycles. The summed E-state index contributed by atoms with van der Waals surface area (Å²) in [6.07, 6.45) is 3.20. The number of nitrogens with two attached hydrogens (primary N) is 1. The molecule has 0 radical (unpaired) electrons. The standard InChI is InChI=1S/C10H10N4O/c11-9-4-3-7(6-13-9)14-10(15)8-2-1-5-12-8/h1-6,12H,(H2,11,13)(H,14,15). The summed E-state index contributed by atoms with van der Waals surface area (Å²) in [4.78, 5) is 18.2. The molecule has 0 aromatic carbocycles. The monoisotopic (exact) mass is 202 g/mol. The molecule has 2 rings (SSSR count). The van der Waals surface area contributed by atoms with Crippen LogP contribution in [-0.4, -0.2) is 15.9 Å². The molecule has 2 heterocycles. The minimum Gasteiger partial charge on any atom is -0.384 e. The number of hydrogen-bond acceptors (Lipinski definition) is 3. The molecule has 2 aromatic heterocycles. The lowest BCUT2D eigenvalue weighted by molar-refractivity contribution is 0.102. The maximum atomic E-state index is 11.6. The van der Waals surface area contributed by atoms with E-state index in [0.717, 1.165) is 0 Å². The molecule has 0 unspecified atom stereocenters. The fourth-order valence-corrected chi connectivity index (χ4v) is 1.15. The van der Waals surface area contributed by atoms with Gasteiger partial charge in [-0.3, -0.25) is 4.79 Å².